The van der Waals surface area contributed by atoms with Gasteiger partial charge in [0.15, 0.2) is 5.82 Å². The van der Waals surface area contributed by atoms with Crippen LogP contribution in [0.25, 0.3) is 11.4 Å². The summed E-state index contributed by atoms with van der Waals surface area (Å²) in [6, 6.07) is 20.7. The second-order valence-corrected chi connectivity index (χ2v) is 12.7. The molecule has 0 unspecified atom stereocenters. The first-order chi connectivity index (χ1) is 18.2. The number of carbonyl (C=O) groups excluding carboxylic acids is 1. The van der Waals surface area contributed by atoms with E-state index in [1.807, 2.05) is 30.3 Å². The molecule has 13 heteroatoms. The Morgan fingerprint density at radius 1 is 1.03 bits per heavy atom. The van der Waals surface area contributed by atoms with Crippen molar-refractivity contribution in [3.63, 3.8) is 0 Å². The number of aromatic amines is 1. The zero-order chi connectivity index (χ0) is 27.1. The molecular formula is C25H22BrCl2N5O3S2. The van der Waals surface area contributed by atoms with E-state index in [0.717, 1.165) is 14.3 Å². The van der Waals surface area contributed by atoms with Crippen molar-refractivity contribution in [3.8, 4) is 11.4 Å². The molecule has 0 spiro atoms. The zero-order valence-electron chi connectivity index (χ0n) is 19.8. The third kappa shape index (κ3) is 7.58. The van der Waals surface area contributed by atoms with Gasteiger partial charge in [-0.3, -0.25) is 9.89 Å². The van der Waals surface area contributed by atoms with E-state index < -0.39 is 15.9 Å². The number of hydrogen-bond donors (Lipinski definition) is 2. The molecule has 0 atom stereocenters. The number of sulfonamides is 1. The van der Waals surface area contributed by atoms with Crippen LogP contribution in [0.4, 0.5) is 0 Å². The second-order valence-electron chi connectivity index (χ2n) is 8.01. The van der Waals surface area contributed by atoms with Gasteiger partial charge in [0.1, 0.15) is 0 Å². The van der Waals surface area contributed by atoms with Gasteiger partial charge in [-0.2, -0.15) is 4.31 Å². The van der Waals surface area contributed by atoms with Crippen LogP contribution >= 0.6 is 50.9 Å². The van der Waals surface area contributed by atoms with Crippen LogP contribution < -0.4 is 5.32 Å². The predicted octanol–water partition coefficient (Wildman–Crippen LogP) is 5.64. The lowest BCUT2D eigenvalue weighted by atomic mass is 10.2. The van der Waals surface area contributed by atoms with Crippen LogP contribution in [-0.2, 0) is 21.4 Å². The molecule has 4 aromatic rings. The number of rotatable bonds is 11. The van der Waals surface area contributed by atoms with E-state index in [2.05, 4.69) is 36.4 Å². The molecule has 0 radical (unpaired) electrons. The summed E-state index contributed by atoms with van der Waals surface area (Å²) in [5, 5.41) is 11.1. The van der Waals surface area contributed by atoms with E-state index in [4.69, 9.17) is 23.2 Å². The molecule has 0 fully saturated rings. The zero-order valence-corrected chi connectivity index (χ0v) is 24.5. The van der Waals surface area contributed by atoms with E-state index in [0.29, 0.717) is 38.9 Å². The summed E-state index contributed by atoms with van der Waals surface area (Å²) in [5.41, 5.74) is 1.52. The molecule has 0 saturated carbocycles. The van der Waals surface area contributed by atoms with Gasteiger partial charge in [0.05, 0.1) is 21.5 Å². The largest absolute Gasteiger partial charge is 0.354 e. The van der Waals surface area contributed by atoms with E-state index in [-0.39, 0.29) is 18.0 Å². The lowest BCUT2D eigenvalue weighted by molar-refractivity contribution is -0.121. The van der Waals surface area contributed by atoms with E-state index >= 15 is 0 Å². The minimum absolute atomic E-state index is 0.0586. The standard InChI is InChI=1S/C25H22BrCl2N5O3S2/c26-19-7-9-20(10-8-19)38(35,36)33(15-17-6-11-21(27)22(28)14-17)16-23(34)29-12-13-37-25-30-24(31-32-25)18-4-2-1-3-5-18/h1-11,14H,12-13,15-16H2,(H,29,34)(H,30,31,32). The molecular weight excluding hydrogens is 633 g/mol. The number of amides is 1. The van der Waals surface area contributed by atoms with E-state index in [1.165, 1.54) is 23.9 Å². The third-order valence-corrected chi connectivity index (χ3v) is 9.20. The summed E-state index contributed by atoms with van der Waals surface area (Å²) >= 11 is 16.8. The second kappa shape index (κ2) is 13.1. The van der Waals surface area contributed by atoms with Crippen molar-refractivity contribution in [2.45, 2.75) is 16.6 Å². The molecule has 1 amide bonds. The van der Waals surface area contributed by atoms with Crippen molar-refractivity contribution < 1.29 is 13.2 Å². The van der Waals surface area contributed by atoms with Gasteiger partial charge in [-0.25, -0.2) is 13.4 Å². The summed E-state index contributed by atoms with van der Waals surface area (Å²) in [6.07, 6.45) is 0. The number of hydrogen-bond acceptors (Lipinski definition) is 6. The molecule has 0 saturated heterocycles. The Kier molecular flexibility index (Phi) is 9.85. The van der Waals surface area contributed by atoms with Crippen molar-refractivity contribution in [2.24, 2.45) is 0 Å². The van der Waals surface area contributed by atoms with Crippen LogP contribution in [0, 0.1) is 0 Å². The maximum atomic E-state index is 13.4. The lowest BCUT2D eigenvalue weighted by Crippen LogP contribution is -2.40. The normalized spacial score (nSPS) is 11.6. The van der Waals surface area contributed by atoms with Gasteiger partial charge >= 0.3 is 0 Å². The average molecular weight is 655 g/mol. The smallest absolute Gasteiger partial charge is 0.243 e. The third-order valence-electron chi connectivity index (χ3n) is 5.28. The van der Waals surface area contributed by atoms with Gasteiger partial charge in [0.25, 0.3) is 0 Å². The number of nitrogens with one attached hydrogen (secondary N) is 2. The maximum Gasteiger partial charge on any atom is 0.243 e. The highest BCUT2D eigenvalue weighted by molar-refractivity contribution is 9.10. The van der Waals surface area contributed by atoms with Gasteiger partial charge in [-0.05, 0) is 42.0 Å². The maximum absolute atomic E-state index is 13.4. The highest BCUT2D eigenvalue weighted by atomic mass is 79.9. The van der Waals surface area contributed by atoms with Crippen molar-refractivity contribution in [2.75, 3.05) is 18.8 Å². The van der Waals surface area contributed by atoms with Crippen molar-refractivity contribution in [3.05, 3.63) is 92.9 Å². The topological polar surface area (TPSA) is 108 Å². The Hall–Kier alpha value is -2.41. The molecule has 0 bridgehead atoms. The lowest BCUT2D eigenvalue weighted by Gasteiger charge is -2.22. The summed E-state index contributed by atoms with van der Waals surface area (Å²) in [7, 11) is -3.99. The van der Waals surface area contributed by atoms with E-state index in [9.17, 15) is 13.2 Å². The SMILES string of the molecule is O=C(CN(Cc1ccc(Cl)c(Cl)c1)S(=O)(=O)c1ccc(Br)cc1)NCCSc1n[nH]c(-c2ccccc2)n1. The fourth-order valence-electron chi connectivity index (χ4n) is 3.41. The predicted molar refractivity (Wildman–Crippen MR) is 154 cm³/mol. The monoisotopic (exact) mass is 653 g/mol. The minimum Gasteiger partial charge on any atom is -0.354 e. The fraction of sp³-hybridized carbons (Fsp3) is 0.160. The molecule has 8 nitrogen and oxygen atoms in total. The quantitative estimate of drug-likeness (QED) is 0.160. The molecule has 2 N–H and O–H groups in total. The van der Waals surface area contributed by atoms with E-state index in [1.54, 1.807) is 30.3 Å². The Morgan fingerprint density at radius 3 is 2.47 bits per heavy atom. The molecule has 38 heavy (non-hydrogen) atoms. The highest BCUT2D eigenvalue weighted by Crippen LogP contribution is 2.26. The van der Waals surface area contributed by atoms with Crippen LogP contribution in [0.15, 0.2) is 87.3 Å². The van der Waals surface area contributed by atoms with Gasteiger partial charge in [-0.1, -0.05) is 87.3 Å². The summed E-state index contributed by atoms with van der Waals surface area (Å²) in [5.74, 6) is 0.726. The van der Waals surface area contributed by atoms with Crippen LogP contribution in [0.3, 0.4) is 0 Å². The van der Waals surface area contributed by atoms with Crippen molar-refractivity contribution in [1.82, 2.24) is 24.8 Å². The van der Waals surface area contributed by atoms with Crippen LogP contribution in [0.1, 0.15) is 5.56 Å². The number of benzene rings is 3. The fourth-order valence-corrected chi connectivity index (χ4v) is 6.03. The van der Waals surface area contributed by atoms with Crippen molar-refractivity contribution in [1.29, 1.82) is 0 Å². The number of nitrogens with zero attached hydrogens (tertiary/aromatic N) is 3. The number of carbonyl (C=O) groups is 1. The van der Waals surface area contributed by atoms with Crippen LogP contribution in [0.2, 0.25) is 10.0 Å². The Bertz CT molecular complexity index is 1500. The molecule has 1 heterocycles. The molecule has 0 aliphatic rings. The number of aromatic nitrogens is 3. The van der Waals surface area contributed by atoms with Gasteiger partial charge in [0, 0.05) is 28.9 Å². The first kappa shape index (κ1) is 28.6. The summed E-state index contributed by atoms with van der Waals surface area (Å²) in [6.45, 7) is -0.128. The summed E-state index contributed by atoms with van der Waals surface area (Å²) in [4.78, 5) is 17.3. The summed E-state index contributed by atoms with van der Waals surface area (Å²) < 4.78 is 28.7. The Morgan fingerprint density at radius 2 is 1.76 bits per heavy atom. The number of thioether (sulfide) groups is 1. The van der Waals surface area contributed by atoms with Gasteiger partial charge in [0.2, 0.25) is 21.1 Å². The number of halogens is 3. The number of H-pyrrole nitrogens is 1. The molecule has 0 aliphatic heterocycles. The minimum atomic E-state index is -3.99. The first-order valence-corrected chi connectivity index (χ1v) is 15.3. The molecule has 0 aliphatic carbocycles. The molecule has 4 rings (SSSR count). The average Bonchev–Trinajstić information content (AvgIpc) is 3.38. The van der Waals surface area contributed by atoms with Crippen LogP contribution in [-0.4, -0.2) is 52.7 Å². The highest BCUT2D eigenvalue weighted by Gasteiger charge is 2.27. The molecule has 198 valence electrons. The Labute approximate surface area is 243 Å². The van der Waals surface area contributed by atoms with Gasteiger partial charge < -0.3 is 5.32 Å². The van der Waals surface area contributed by atoms with Crippen molar-refractivity contribution >= 4 is 66.8 Å². The Balaban J connectivity index is 1.38. The first-order valence-electron chi connectivity index (χ1n) is 11.3. The van der Waals surface area contributed by atoms with Gasteiger partial charge in [-0.15, -0.1) is 5.10 Å². The molecule has 3 aromatic carbocycles. The van der Waals surface area contributed by atoms with Crippen LogP contribution in [0.5, 0.6) is 0 Å². The molecule has 1 aromatic heterocycles.